The molecule has 7 nitrogen and oxygen atoms in total. The van der Waals surface area contributed by atoms with Crippen molar-refractivity contribution in [2.75, 3.05) is 6.54 Å². The lowest BCUT2D eigenvalue weighted by Gasteiger charge is -2.16. The average molecular weight is 441 g/mol. The minimum Gasteiger partial charge on any atom is -0.350 e. The van der Waals surface area contributed by atoms with Gasteiger partial charge in [-0.3, -0.25) is 4.79 Å². The number of benzene rings is 2. The van der Waals surface area contributed by atoms with E-state index in [2.05, 4.69) is 15.0 Å². The maximum Gasteiger partial charge on any atom is 0.241 e. The van der Waals surface area contributed by atoms with Crippen molar-refractivity contribution >= 4 is 15.9 Å². The van der Waals surface area contributed by atoms with E-state index in [0.29, 0.717) is 11.1 Å². The van der Waals surface area contributed by atoms with Crippen LogP contribution in [0, 0.1) is 20.8 Å². The summed E-state index contributed by atoms with van der Waals surface area (Å²) in [5.74, 6) is -0.216. The van der Waals surface area contributed by atoms with Crippen molar-refractivity contribution in [3.63, 3.8) is 0 Å². The number of rotatable bonds is 8. The molecule has 0 bridgehead atoms. The van der Waals surface area contributed by atoms with Crippen LogP contribution < -0.4 is 10.0 Å². The van der Waals surface area contributed by atoms with E-state index >= 15 is 0 Å². The van der Waals surface area contributed by atoms with Crippen molar-refractivity contribution in [2.45, 2.75) is 45.1 Å². The third kappa shape index (κ3) is 5.59. The van der Waals surface area contributed by atoms with Crippen molar-refractivity contribution < 1.29 is 13.2 Å². The summed E-state index contributed by atoms with van der Waals surface area (Å²) < 4.78 is 29.8. The molecule has 1 unspecified atom stereocenters. The fourth-order valence-electron chi connectivity index (χ4n) is 3.71. The number of imidazole rings is 1. The van der Waals surface area contributed by atoms with Gasteiger partial charge in [-0.05, 0) is 56.5 Å². The van der Waals surface area contributed by atoms with Crippen LogP contribution in [0.2, 0.25) is 0 Å². The maximum atomic E-state index is 12.7. The summed E-state index contributed by atoms with van der Waals surface area (Å²) in [5, 5.41) is 2.91. The Morgan fingerprint density at radius 2 is 1.74 bits per heavy atom. The zero-order valence-corrected chi connectivity index (χ0v) is 19.0. The predicted molar refractivity (Wildman–Crippen MR) is 121 cm³/mol. The highest BCUT2D eigenvalue weighted by Gasteiger charge is 2.20. The van der Waals surface area contributed by atoms with E-state index in [1.165, 1.54) is 0 Å². The number of amides is 1. The summed E-state index contributed by atoms with van der Waals surface area (Å²) in [6, 6.07) is 11.3. The van der Waals surface area contributed by atoms with Gasteiger partial charge in [0.25, 0.3) is 0 Å². The molecule has 8 heteroatoms. The standard InChI is InChI=1S/C23H28N4O3S/c1-16-13-17(2)23(18(3)14-16)31(29,30)25-10-9-22(28)26-19(4)20-5-7-21(8-6-20)27-12-11-24-15-27/h5-8,11-15,19,25H,9-10H2,1-4H3,(H,26,28). The highest BCUT2D eigenvalue weighted by atomic mass is 32.2. The largest absolute Gasteiger partial charge is 0.350 e. The molecule has 1 aromatic heterocycles. The van der Waals surface area contributed by atoms with Crippen LogP contribution in [0.5, 0.6) is 0 Å². The van der Waals surface area contributed by atoms with Crippen molar-refractivity contribution in [3.8, 4) is 5.69 Å². The Bertz CT molecular complexity index is 1130. The second kappa shape index (κ2) is 9.45. The average Bonchev–Trinajstić information content (AvgIpc) is 3.21. The predicted octanol–water partition coefficient (Wildman–Crippen LogP) is 3.34. The molecule has 0 radical (unpaired) electrons. The first kappa shape index (κ1) is 22.7. The summed E-state index contributed by atoms with van der Waals surface area (Å²) in [6.07, 6.45) is 5.36. The summed E-state index contributed by atoms with van der Waals surface area (Å²) in [7, 11) is -3.68. The molecule has 3 aromatic rings. The normalized spacial score (nSPS) is 12.5. The van der Waals surface area contributed by atoms with E-state index in [-0.39, 0.29) is 29.8 Å². The number of sulfonamides is 1. The van der Waals surface area contributed by atoms with Gasteiger partial charge in [-0.25, -0.2) is 18.1 Å². The van der Waals surface area contributed by atoms with Crippen LogP contribution in [0.1, 0.15) is 41.6 Å². The van der Waals surface area contributed by atoms with Gasteiger partial charge >= 0.3 is 0 Å². The fraction of sp³-hybridized carbons (Fsp3) is 0.304. The molecule has 1 heterocycles. The Morgan fingerprint density at radius 3 is 2.32 bits per heavy atom. The van der Waals surface area contributed by atoms with Gasteiger partial charge < -0.3 is 9.88 Å². The first-order valence-corrected chi connectivity index (χ1v) is 11.6. The minimum atomic E-state index is -3.68. The van der Waals surface area contributed by atoms with Crippen LogP contribution in [0.4, 0.5) is 0 Å². The summed E-state index contributed by atoms with van der Waals surface area (Å²) >= 11 is 0. The molecule has 31 heavy (non-hydrogen) atoms. The van der Waals surface area contributed by atoms with Gasteiger partial charge in [0.1, 0.15) is 0 Å². The zero-order valence-electron chi connectivity index (χ0n) is 18.2. The van der Waals surface area contributed by atoms with E-state index in [1.54, 1.807) is 26.4 Å². The summed E-state index contributed by atoms with van der Waals surface area (Å²) in [4.78, 5) is 16.6. The molecule has 0 fully saturated rings. The molecular formula is C23H28N4O3S. The van der Waals surface area contributed by atoms with Gasteiger partial charge in [-0.1, -0.05) is 29.8 Å². The number of nitrogens with zero attached hydrogens (tertiary/aromatic N) is 2. The Kier molecular flexibility index (Phi) is 6.92. The number of hydrogen-bond acceptors (Lipinski definition) is 4. The van der Waals surface area contributed by atoms with Crippen LogP contribution >= 0.6 is 0 Å². The van der Waals surface area contributed by atoms with Crippen molar-refractivity contribution in [2.24, 2.45) is 0 Å². The Labute approximate surface area is 183 Å². The van der Waals surface area contributed by atoms with Crippen molar-refractivity contribution in [1.29, 1.82) is 0 Å². The second-order valence-electron chi connectivity index (χ2n) is 7.73. The SMILES string of the molecule is Cc1cc(C)c(S(=O)(=O)NCCC(=O)NC(C)c2ccc(-n3ccnc3)cc2)c(C)c1. The Hall–Kier alpha value is -2.97. The van der Waals surface area contributed by atoms with Crippen molar-refractivity contribution in [3.05, 3.63) is 77.4 Å². The zero-order chi connectivity index (χ0) is 22.6. The maximum absolute atomic E-state index is 12.7. The first-order chi connectivity index (χ1) is 14.7. The highest BCUT2D eigenvalue weighted by molar-refractivity contribution is 7.89. The molecule has 0 saturated heterocycles. The van der Waals surface area contributed by atoms with E-state index in [1.807, 2.05) is 61.0 Å². The van der Waals surface area contributed by atoms with E-state index in [9.17, 15) is 13.2 Å². The Balaban J connectivity index is 1.54. The third-order valence-corrected chi connectivity index (χ3v) is 6.86. The smallest absolute Gasteiger partial charge is 0.241 e. The van der Waals surface area contributed by atoms with Crippen LogP contribution in [-0.4, -0.2) is 30.4 Å². The number of aryl methyl sites for hydroxylation is 3. The molecule has 0 aliphatic carbocycles. The molecule has 0 aliphatic heterocycles. The number of carbonyl (C=O) groups excluding carboxylic acids is 1. The number of aromatic nitrogens is 2. The molecule has 164 valence electrons. The molecule has 1 atom stereocenters. The van der Waals surface area contributed by atoms with Gasteiger partial charge in [0, 0.05) is 31.0 Å². The highest BCUT2D eigenvalue weighted by Crippen LogP contribution is 2.21. The molecular weight excluding hydrogens is 412 g/mol. The van der Waals surface area contributed by atoms with Crippen LogP contribution in [0.3, 0.4) is 0 Å². The fourth-order valence-corrected chi connectivity index (χ4v) is 5.19. The quantitative estimate of drug-likeness (QED) is 0.562. The Morgan fingerprint density at radius 1 is 1.10 bits per heavy atom. The molecule has 3 rings (SSSR count). The molecule has 1 amide bonds. The lowest BCUT2D eigenvalue weighted by atomic mass is 10.1. The minimum absolute atomic E-state index is 0.0349. The van der Waals surface area contributed by atoms with Crippen LogP contribution in [0.15, 0.2) is 60.0 Å². The summed E-state index contributed by atoms with van der Waals surface area (Å²) in [5.41, 5.74) is 4.35. The van der Waals surface area contributed by atoms with Crippen LogP contribution in [-0.2, 0) is 14.8 Å². The van der Waals surface area contributed by atoms with Gasteiger partial charge in [-0.15, -0.1) is 0 Å². The number of nitrogens with one attached hydrogen (secondary N) is 2. The molecule has 0 saturated carbocycles. The van der Waals surface area contributed by atoms with Gasteiger partial charge in [0.2, 0.25) is 15.9 Å². The molecule has 2 aromatic carbocycles. The molecule has 0 spiro atoms. The topological polar surface area (TPSA) is 93.1 Å². The van der Waals surface area contributed by atoms with Crippen LogP contribution in [0.25, 0.3) is 5.69 Å². The summed E-state index contributed by atoms with van der Waals surface area (Å²) in [6.45, 7) is 7.42. The lowest BCUT2D eigenvalue weighted by Crippen LogP contribution is -2.32. The van der Waals surface area contributed by atoms with Gasteiger partial charge in [0.05, 0.1) is 17.3 Å². The van der Waals surface area contributed by atoms with Crippen molar-refractivity contribution in [1.82, 2.24) is 19.6 Å². The van der Waals surface area contributed by atoms with E-state index in [0.717, 1.165) is 16.8 Å². The number of hydrogen-bond donors (Lipinski definition) is 2. The van der Waals surface area contributed by atoms with E-state index in [4.69, 9.17) is 0 Å². The monoisotopic (exact) mass is 440 g/mol. The van der Waals surface area contributed by atoms with Gasteiger partial charge in [0.15, 0.2) is 0 Å². The lowest BCUT2D eigenvalue weighted by molar-refractivity contribution is -0.121. The number of carbonyl (C=O) groups is 1. The molecule has 2 N–H and O–H groups in total. The van der Waals surface area contributed by atoms with E-state index < -0.39 is 10.0 Å². The first-order valence-electron chi connectivity index (χ1n) is 10.1. The third-order valence-electron chi connectivity index (χ3n) is 5.09. The van der Waals surface area contributed by atoms with Gasteiger partial charge in [-0.2, -0.15) is 0 Å². The molecule has 0 aliphatic rings. The second-order valence-corrected chi connectivity index (χ2v) is 9.43.